The van der Waals surface area contributed by atoms with Crippen molar-refractivity contribution < 1.29 is 21.7 Å². The largest absolute Gasteiger partial charge is 0.252 e. The summed E-state index contributed by atoms with van der Waals surface area (Å²) in [7, 11) is 0. The maximum atomic E-state index is 3.61. The van der Waals surface area contributed by atoms with Crippen LogP contribution in [0.4, 0.5) is 0 Å². The van der Waals surface area contributed by atoms with Crippen LogP contribution >= 0.6 is 24.8 Å². The van der Waals surface area contributed by atoms with E-state index in [-0.39, 0.29) is 46.5 Å². The predicted octanol–water partition coefficient (Wildman–Crippen LogP) is 5.90. The molecule has 0 aliphatic heterocycles. The van der Waals surface area contributed by atoms with E-state index in [1.165, 1.54) is 64.2 Å². The van der Waals surface area contributed by atoms with Gasteiger partial charge in [0.15, 0.2) is 0 Å². The summed E-state index contributed by atoms with van der Waals surface area (Å²) in [5.74, 6) is 2.61. The second-order valence-electron chi connectivity index (χ2n) is 6.22. The molecular weight excluding hydrogens is 323 g/mol. The summed E-state index contributed by atoms with van der Waals surface area (Å²) in [6, 6.07) is 0. The molecule has 0 spiro atoms. The smallest absolute Gasteiger partial charge is 0 e. The van der Waals surface area contributed by atoms with Gasteiger partial charge in [-0.1, -0.05) is 57.3 Å². The van der Waals surface area contributed by atoms with Crippen LogP contribution in [0.25, 0.3) is 0 Å². The molecule has 3 aliphatic rings. The molecule has 0 aromatic heterocycles. The fourth-order valence-electron chi connectivity index (χ4n) is 4.16. The van der Waals surface area contributed by atoms with Crippen molar-refractivity contribution in [2.75, 3.05) is 0 Å². The maximum absolute atomic E-state index is 3.61. The molecule has 2 fully saturated rings. The van der Waals surface area contributed by atoms with E-state index < -0.39 is 0 Å². The van der Waals surface area contributed by atoms with Crippen molar-refractivity contribution in [2.24, 2.45) is 17.8 Å². The molecule has 0 saturated heterocycles. The van der Waals surface area contributed by atoms with Gasteiger partial charge < -0.3 is 0 Å². The Morgan fingerprint density at radius 2 is 1.35 bits per heavy atom. The van der Waals surface area contributed by atoms with E-state index in [2.05, 4.69) is 18.2 Å². The van der Waals surface area contributed by atoms with Crippen molar-refractivity contribution >= 4 is 24.8 Å². The van der Waals surface area contributed by atoms with Gasteiger partial charge in [0.1, 0.15) is 0 Å². The van der Waals surface area contributed by atoms with Crippen molar-refractivity contribution in [3.63, 3.8) is 0 Å². The second-order valence-corrected chi connectivity index (χ2v) is 6.22. The molecule has 3 rings (SSSR count). The van der Waals surface area contributed by atoms with E-state index in [1.807, 2.05) is 0 Å². The number of allylic oxidation sites excluding steroid dienone is 4. The average Bonchev–Trinajstić information content (AvgIpc) is 2.90. The first kappa shape index (κ1) is 20.8. The van der Waals surface area contributed by atoms with Crippen molar-refractivity contribution in [3.05, 3.63) is 23.8 Å². The predicted molar refractivity (Wildman–Crippen MR) is 87.0 cm³/mol. The molecule has 114 valence electrons. The zero-order valence-electron chi connectivity index (χ0n) is 12.3. The van der Waals surface area contributed by atoms with E-state index in [0.29, 0.717) is 0 Å². The minimum absolute atomic E-state index is 0. The van der Waals surface area contributed by atoms with Gasteiger partial charge in [-0.15, -0.1) is 24.8 Å². The van der Waals surface area contributed by atoms with Crippen molar-refractivity contribution in [3.8, 4) is 0 Å². The van der Waals surface area contributed by atoms with Gasteiger partial charge in [0.25, 0.3) is 0 Å². The van der Waals surface area contributed by atoms with Crippen LogP contribution in [0.5, 0.6) is 0 Å². The van der Waals surface area contributed by atoms with E-state index in [0.717, 1.165) is 17.8 Å². The molecule has 2 saturated carbocycles. The monoisotopic (exact) mass is 349 g/mol. The first-order chi connectivity index (χ1) is 8.45. The molecule has 0 nitrogen and oxygen atoms in total. The summed E-state index contributed by atoms with van der Waals surface area (Å²) in [6.07, 6.45) is 22.9. The number of rotatable bonds is 2. The van der Waals surface area contributed by atoms with Crippen LogP contribution in [0.2, 0.25) is 0 Å². The standard InChI is InChI=1S/C17H25.2ClH.Ti/c1-3-8-14(9-4-1)16-12-7-13-17(16)15-10-5-2-6-11-15;;;/h7,12,14-16H,1-6,8-11H2;2*1H;/q-1;;;. The van der Waals surface area contributed by atoms with Gasteiger partial charge in [0.05, 0.1) is 0 Å². The van der Waals surface area contributed by atoms with Crippen LogP contribution in [0, 0.1) is 23.8 Å². The van der Waals surface area contributed by atoms with E-state index in [4.69, 9.17) is 0 Å². The summed E-state index contributed by atoms with van der Waals surface area (Å²) in [4.78, 5) is 0. The molecule has 0 radical (unpaired) electrons. The quantitative estimate of drug-likeness (QED) is 0.429. The third kappa shape index (κ3) is 4.90. The van der Waals surface area contributed by atoms with Crippen molar-refractivity contribution in [2.45, 2.75) is 64.2 Å². The van der Waals surface area contributed by atoms with E-state index >= 15 is 0 Å². The fraction of sp³-hybridized carbons (Fsp3) is 0.765. The van der Waals surface area contributed by atoms with Crippen LogP contribution in [0.1, 0.15) is 64.2 Å². The third-order valence-corrected chi connectivity index (χ3v) is 5.12. The van der Waals surface area contributed by atoms with Gasteiger partial charge in [-0.2, -0.15) is 5.57 Å². The molecule has 0 N–H and O–H groups in total. The Morgan fingerprint density at radius 3 is 1.95 bits per heavy atom. The average molecular weight is 350 g/mol. The van der Waals surface area contributed by atoms with Crippen LogP contribution in [-0.2, 0) is 21.7 Å². The molecule has 0 amide bonds. The van der Waals surface area contributed by atoms with Gasteiger partial charge in [-0.05, 0) is 24.7 Å². The Morgan fingerprint density at radius 1 is 0.800 bits per heavy atom. The normalized spacial score (nSPS) is 27.0. The summed E-state index contributed by atoms with van der Waals surface area (Å²) in [5.41, 5.74) is 1.69. The van der Waals surface area contributed by atoms with Gasteiger partial charge in [0.2, 0.25) is 0 Å². The molecule has 0 aromatic carbocycles. The first-order valence-corrected chi connectivity index (χ1v) is 7.75. The number of hydrogen-bond donors (Lipinski definition) is 0. The molecule has 3 heteroatoms. The Labute approximate surface area is 151 Å². The Hall–Kier alpha value is 0.774. The Kier molecular flexibility index (Phi) is 10.9. The summed E-state index contributed by atoms with van der Waals surface area (Å²) >= 11 is 0. The van der Waals surface area contributed by atoms with E-state index in [1.54, 1.807) is 5.57 Å². The van der Waals surface area contributed by atoms with Crippen LogP contribution in [-0.4, -0.2) is 0 Å². The maximum Gasteiger partial charge on any atom is 0 e. The molecular formula is C17H27Cl2Ti-. The van der Waals surface area contributed by atoms with Crippen molar-refractivity contribution in [1.82, 2.24) is 0 Å². The summed E-state index contributed by atoms with van der Waals surface area (Å²) < 4.78 is 0. The molecule has 1 unspecified atom stereocenters. The molecule has 20 heavy (non-hydrogen) atoms. The number of halogens is 2. The van der Waals surface area contributed by atoms with Gasteiger partial charge >= 0.3 is 0 Å². The van der Waals surface area contributed by atoms with E-state index in [9.17, 15) is 0 Å². The minimum Gasteiger partial charge on any atom is -0.252 e. The second kappa shape index (κ2) is 10.5. The van der Waals surface area contributed by atoms with Gasteiger partial charge in [0, 0.05) is 21.7 Å². The Balaban J connectivity index is 0.00000120. The zero-order chi connectivity index (χ0) is 11.5. The van der Waals surface area contributed by atoms with Crippen LogP contribution in [0.3, 0.4) is 0 Å². The number of hydrogen-bond acceptors (Lipinski definition) is 0. The van der Waals surface area contributed by atoms with Crippen LogP contribution < -0.4 is 0 Å². The Bertz CT molecular complexity index is 313. The van der Waals surface area contributed by atoms with Crippen LogP contribution in [0.15, 0.2) is 17.7 Å². The molecule has 0 aromatic rings. The minimum atomic E-state index is 0. The molecule has 3 aliphatic carbocycles. The summed E-state index contributed by atoms with van der Waals surface area (Å²) in [6.45, 7) is 0. The van der Waals surface area contributed by atoms with Gasteiger partial charge in [-0.3, -0.25) is 6.08 Å². The third-order valence-electron chi connectivity index (χ3n) is 5.12. The zero-order valence-corrected chi connectivity index (χ0v) is 15.5. The topological polar surface area (TPSA) is 0 Å². The first-order valence-electron chi connectivity index (χ1n) is 7.75. The summed E-state index contributed by atoms with van der Waals surface area (Å²) in [5, 5.41) is 0. The van der Waals surface area contributed by atoms with Crippen molar-refractivity contribution in [1.29, 1.82) is 0 Å². The SMILES string of the molecule is Cl.Cl.[C-]1=C(C2CCCCC2)C(C2CCCCC2)C=C1.[Ti]. The van der Waals surface area contributed by atoms with Gasteiger partial charge in [-0.25, -0.2) is 12.2 Å². The molecule has 0 bridgehead atoms. The molecule has 0 heterocycles. The molecule has 1 atom stereocenters. The fourth-order valence-corrected chi connectivity index (χ4v) is 4.16.